The first-order valence-corrected chi connectivity index (χ1v) is 7.41. The third-order valence-corrected chi connectivity index (χ3v) is 3.28. The molecule has 5 nitrogen and oxygen atoms in total. The number of nitrogens with zero attached hydrogens (tertiary/aromatic N) is 1. The maximum Gasteiger partial charge on any atom is 0.208 e. The third-order valence-electron chi connectivity index (χ3n) is 2.45. The molecule has 0 amide bonds. The van der Waals surface area contributed by atoms with E-state index in [0.717, 1.165) is 19.6 Å². The maximum absolute atomic E-state index is 11.1. The Morgan fingerprint density at radius 2 is 2.12 bits per heavy atom. The van der Waals surface area contributed by atoms with E-state index in [-0.39, 0.29) is 11.6 Å². The van der Waals surface area contributed by atoms with Gasteiger partial charge in [-0.25, -0.2) is 13.1 Å². The molecule has 1 fully saturated rings. The summed E-state index contributed by atoms with van der Waals surface area (Å²) in [5.74, 6) is 0. The first kappa shape index (κ1) is 13.9. The van der Waals surface area contributed by atoms with E-state index >= 15 is 0 Å². The Balaban J connectivity index is 2.42. The molecule has 1 atom stereocenters. The molecular weight excluding hydrogens is 228 g/mol. The minimum atomic E-state index is -3.11. The Bertz CT molecular complexity index is 327. The van der Waals surface area contributed by atoms with Crippen LogP contribution in [0, 0.1) is 0 Å². The molecule has 0 aromatic rings. The fourth-order valence-electron chi connectivity index (χ4n) is 2.06. The molecular formula is C10H22N2O3S. The molecule has 0 radical (unpaired) electrons. The number of rotatable bonds is 4. The van der Waals surface area contributed by atoms with Gasteiger partial charge in [0.25, 0.3) is 0 Å². The monoisotopic (exact) mass is 250 g/mol. The second-order valence-electron chi connectivity index (χ2n) is 5.13. The van der Waals surface area contributed by atoms with Crippen LogP contribution in [-0.2, 0) is 14.8 Å². The molecule has 0 unspecified atom stereocenters. The van der Waals surface area contributed by atoms with E-state index in [0.29, 0.717) is 6.61 Å². The van der Waals surface area contributed by atoms with Gasteiger partial charge >= 0.3 is 0 Å². The van der Waals surface area contributed by atoms with E-state index in [1.807, 2.05) is 20.8 Å². The number of hydrogen-bond donors (Lipinski definition) is 1. The lowest BCUT2D eigenvalue weighted by molar-refractivity contribution is -0.0868. The zero-order valence-electron chi connectivity index (χ0n) is 10.5. The zero-order chi connectivity index (χ0) is 12.4. The van der Waals surface area contributed by atoms with Gasteiger partial charge in [-0.3, -0.25) is 4.90 Å². The van der Waals surface area contributed by atoms with E-state index in [1.165, 1.54) is 6.26 Å². The van der Waals surface area contributed by atoms with Gasteiger partial charge in [0, 0.05) is 25.7 Å². The van der Waals surface area contributed by atoms with Gasteiger partial charge in [0.05, 0.1) is 18.5 Å². The molecule has 0 spiro atoms. The van der Waals surface area contributed by atoms with Crippen molar-refractivity contribution >= 4 is 10.0 Å². The average molecular weight is 250 g/mol. The van der Waals surface area contributed by atoms with E-state index < -0.39 is 10.0 Å². The molecule has 0 bridgehead atoms. The summed E-state index contributed by atoms with van der Waals surface area (Å²) >= 11 is 0. The fraction of sp³-hybridized carbons (Fsp3) is 1.00. The quantitative estimate of drug-likeness (QED) is 0.765. The van der Waals surface area contributed by atoms with Gasteiger partial charge in [-0.15, -0.1) is 0 Å². The highest BCUT2D eigenvalue weighted by Gasteiger charge is 2.28. The lowest BCUT2D eigenvalue weighted by Gasteiger charge is -2.39. The highest BCUT2D eigenvalue weighted by Crippen LogP contribution is 2.16. The molecule has 0 aromatic carbocycles. The van der Waals surface area contributed by atoms with Crippen LogP contribution in [0.5, 0.6) is 0 Å². The number of sulfonamides is 1. The maximum atomic E-state index is 11.1. The first-order valence-electron chi connectivity index (χ1n) is 5.52. The Morgan fingerprint density at radius 3 is 2.62 bits per heavy atom. The van der Waals surface area contributed by atoms with Crippen molar-refractivity contribution < 1.29 is 13.2 Å². The van der Waals surface area contributed by atoms with Crippen molar-refractivity contribution in [1.82, 2.24) is 9.62 Å². The van der Waals surface area contributed by atoms with Gasteiger partial charge in [0.2, 0.25) is 10.0 Å². The first-order chi connectivity index (χ1) is 7.18. The van der Waals surface area contributed by atoms with Crippen LogP contribution in [0.25, 0.3) is 0 Å². The lowest BCUT2D eigenvalue weighted by Crippen LogP contribution is -2.52. The van der Waals surface area contributed by atoms with Gasteiger partial charge in [-0.1, -0.05) is 0 Å². The van der Waals surface area contributed by atoms with E-state index in [9.17, 15) is 8.42 Å². The minimum absolute atomic E-state index is 0.0658. The van der Waals surface area contributed by atoms with Crippen LogP contribution >= 0.6 is 0 Å². The molecule has 16 heavy (non-hydrogen) atoms. The highest BCUT2D eigenvalue weighted by molar-refractivity contribution is 7.88. The molecule has 1 aliphatic rings. The highest BCUT2D eigenvalue weighted by atomic mass is 32.2. The SMILES string of the molecule is C[C@@H](CN1CCOC(C)(C)C1)NS(C)(=O)=O. The van der Waals surface area contributed by atoms with Crippen LogP contribution in [-0.4, -0.2) is 57.5 Å². The number of nitrogens with one attached hydrogen (secondary N) is 1. The lowest BCUT2D eigenvalue weighted by atomic mass is 10.1. The van der Waals surface area contributed by atoms with Gasteiger partial charge in [0.1, 0.15) is 0 Å². The van der Waals surface area contributed by atoms with Crippen molar-refractivity contribution in [2.75, 3.05) is 32.5 Å². The molecule has 1 heterocycles. The van der Waals surface area contributed by atoms with Gasteiger partial charge in [0.15, 0.2) is 0 Å². The summed E-state index contributed by atoms with van der Waals surface area (Å²) in [5, 5.41) is 0. The normalized spacial score (nSPS) is 24.2. The minimum Gasteiger partial charge on any atom is -0.373 e. The van der Waals surface area contributed by atoms with Gasteiger partial charge < -0.3 is 4.74 Å². The van der Waals surface area contributed by atoms with Gasteiger partial charge in [-0.2, -0.15) is 0 Å². The number of ether oxygens (including phenoxy) is 1. The van der Waals surface area contributed by atoms with Crippen LogP contribution in [0.15, 0.2) is 0 Å². The summed E-state index contributed by atoms with van der Waals surface area (Å²) in [7, 11) is -3.11. The molecule has 1 aliphatic heterocycles. The van der Waals surface area contributed by atoms with Crippen LogP contribution in [0.3, 0.4) is 0 Å². The number of morpholine rings is 1. The predicted octanol–water partition coefficient (Wildman–Crippen LogP) is 0.0349. The Hall–Kier alpha value is -0.170. The second kappa shape index (κ2) is 5.00. The predicted molar refractivity (Wildman–Crippen MR) is 63.9 cm³/mol. The standard InChI is InChI=1S/C10H22N2O3S/c1-9(11-16(4,13)14)7-12-5-6-15-10(2,3)8-12/h9,11H,5-8H2,1-4H3/t9-/m0/s1. The van der Waals surface area contributed by atoms with Crippen molar-refractivity contribution in [2.24, 2.45) is 0 Å². The van der Waals surface area contributed by atoms with Crippen molar-refractivity contribution in [3.8, 4) is 0 Å². The van der Waals surface area contributed by atoms with Crippen molar-refractivity contribution in [3.63, 3.8) is 0 Å². The summed E-state index contributed by atoms with van der Waals surface area (Å²) in [6.07, 6.45) is 1.19. The summed E-state index contributed by atoms with van der Waals surface area (Å²) < 4.78 is 30.3. The van der Waals surface area contributed by atoms with Crippen molar-refractivity contribution in [3.05, 3.63) is 0 Å². The Morgan fingerprint density at radius 1 is 1.50 bits per heavy atom. The topological polar surface area (TPSA) is 58.6 Å². The van der Waals surface area contributed by atoms with Crippen molar-refractivity contribution in [1.29, 1.82) is 0 Å². The molecule has 1 rings (SSSR count). The van der Waals surface area contributed by atoms with Crippen LogP contribution in [0.2, 0.25) is 0 Å². The Labute approximate surface area is 98.2 Å². The fourth-order valence-corrected chi connectivity index (χ4v) is 2.87. The Kier molecular flexibility index (Phi) is 4.34. The summed E-state index contributed by atoms with van der Waals surface area (Å²) in [6, 6.07) is -0.0658. The summed E-state index contributed by atoms with van der Waals surface area (Å²) in [4.78, 5) is 2.23. The van der Waals surface area contributed by atoms with E-state index in [1.54, 1.807) is 0 Å². The largest absolute Gasteiger partial charge is 0.373 e. The van der Waals surface area contributed by atoms with E-state index in [4.69, 9.17) is 4.74 Å². The van der Waals surface area contributed by atoms with Crippen molar-refractivity contribution in [2.45, 2.75) is 32.4 Å². The molecule has 1 N–H and O–H groups in total. The zero-order valence-corrected chi connectivity index (χ0v) is 11.3. The summed E-state index contributed by atoms with van der Waals surface area (Å²) in [6.45, 7) is 9.10. The van der Waals surface area contributed by atoms with Crippen LogP contribution < -0.4 is 4.72 Å². The van der Waals surface area contributed by atoms with Crippen LogP contribution in [0.1, 0.15) is 20.8 Å². The molecule has 0 aromatic heterocycles. The van der Waals surface area contributed by atoms with Gasteiger partial charge in [-0.05, 0) is 20.8 Å². The molecule has 0 saturated carbocycles. The molecule has 6 heteroatoms. The molecule has 96 valence electrons. The number of hydrogen-bond acceptors (Lipinski definition) is 4. The second-order valence-corrected chi connectivity index (χ2v) is 6.91. The summed E-state index contributed by atoms with van der Waals surface area (Å²) in [5.41, 5.74) is -0.136. The average Bonchev–Trinajstić information content (AvgIpc) is 1.96. The van der Waals surface area contributed by atoms with Crippen LogP contribution in [0.4, 0.5) is 0 Å². The smallest absolute Gasteiger partial charge is 0.208 e. The molecule has 1 saturated heterocycles. The van der Waals surface area contributed by atoms with E-state index in [2.05, 4.69) is 9.62 Å². The molecule has 0 aliphatic carbocycles. The third kappa shape index (κ3) is 5.25.